The summed E-state index contributed by atoms with van der Waals surface area (Å²) in [5.74, 6) is 0.971. The van der Waals surface area contributed by atoms with Gasteiger partial charge in [0.05, 0.1) is 20.5 Å². The fraction of sp³-hybridized carbons (Fsp3) is 0.0769. The van der Waals surface area contributed by atoms with Crippen molar-refractivity contribution in [1.29, 1.82) is 0 Å². The minimum absolute atomic E-state index is 0.0436. The Morgan fingerprint density at radius 3 is 2.19 bits per heavy atom. The van der Waals surface area contributed by atoms with Crippen LogP contribution in [0.5, 0.6) is 11.5 Å². The van der Waals surface area contributed by atoms with E-state index >= 15 is 0 Å². The number of ether oxygens (including phenoxy) is 1. The Morgan fingerprint density at radius 1 is 1.10 bits per heavy atom. The summed E-state index contributed by atoms with van der Waals surface area (Å²) < 4.78 is 7.37. The highest BCUT2D eigenvalue weighted by Crippen LogP contribution is 2.40. The molecule has 0 aliphatic rings. The van der Waals surface area contributed by atoms with Crippen LogP contribution in [0.15, 0.2) is 43.7 Å². The van der Waals surface area contributed by atoms with Crippen LogP contribution in [0.4, 0.5) is 5.69 Å². The molecule has 0 amide bonds. The maximum atomic E-state index is 10.8. The lowest BCUT2D eigenvalue weighted by atomic mass is 10.2. The zero-order valence-corrected chi connectivity index (χ0v) is 15.1. The molecule has 0 radical (unpaired) electrons. The molecular weight excluding hydrogens is 474 g/mol. The molecule has 0 aromatic heterocycles. The number of nitrogens with zero attached hydrogens (tertiary/aromatic N) is 1. The van der Waals surface area contributed by atoms with E-state index in [9.17, 15) is 10.1 Å². The number of nitro benzene ring substituents is 1. The highest BCUT2D eigenvalue weighted by Gasteiger charge is 2.16. The summed E-state index contributed by atoms with van der Waals surface area (Å²) in [6, 6.07) is 7.89. The van der Waals surface area contributed by atoms with Crippen LogP contribution in [0.2, 0.25) is 0 Å². The van der Waals surface area contributed by atoms with Crippen LogP contribution >= 0.6 is 47.8 Å². The van der Waals surface area contributed by atoms with Gasteiger partial charge in [0.15, 0.2) is 5.75 Å². The summed E-state index contributed by atoms with van der Waals surface area (Å²) in [6.07, 6.45) is 0. The Kier molecular flexibility index (Phi) is 5.37. The van der Waals surface area contributed by atoms with Crippen LogP contribution in [0, 0.1) is 10.1 Å². The Labute approximate surface area is 145 Å². The average Bonchev–Trinajstić information content (AvgIpc) is 2.42. The molecule has 0 aliphatic heterocycles. The summed E-state index contributed by atoms with van der Waals surface area (Å²) in [5.41, 5.74) is 0.696. The molecule has 0 bridgehead atoms. The molecule has 0 atom stereocenters. The smallest absolute Gasteiger partial charge is 0.271 e. The second-order valence-corrected chi connectivity index (χ2v) is 6.57. The van der Waals surface area contributed by atoms with E-state index in [1.54, 1.807) is 18.2 Å². The Hall–Kier alpha value is -0.960. The lowest BCUT2D eigenvalue weighted by Gasteiger charge is -2.11. The number of rotatable bonds is 4. The first-order chi connectivity index (χ1) is 9.92. The molecule has 2 aromatic rings. The summed E-state index contributed by atoms with van der Waals surface area (Å²) in [7, 11) is 0. The maximum absolute atomic E-state index is 10.8. The minimum Gasteiger partial charge on any atom is -0.455 e. The zero-order valence-electron chi connectivity index (χ0n) is 10.3. The van der Waals surface area contributed by atoms with Gasteiger partial charge < -0.3 is 9.84 Å². The molecule has 2 aromatic carbocycles. The van der Waals surface area contributed by atoms with Crippen molar-refractivity contribution in [2.75, 3.05) is 0 Å². The number of halogens is 3. The van der Waals surface area contributed by atoms with Crippen molar-refractivity contribution in [3.05, 3.63) is 59.4 Å². The van der Waals surface area contributed by atoms with Gasteiger partial charge >= 0.3 is 0 Å². The van der Waals surface area contributed by atoms with Crippen molar-refractivity contribution in [3.8, 4) is 11.5 Å². The third kappa shape index (κ3) is 3.82. The van der Waals surface area contributed by atoms with Crippen LogP contribution in [-0.2, 0) is 6.61 Å². The van der Waals surface area contributed by atoms with Crippen LogP contribution in [0.1, 0.15) is 5.56 Å². The van der Waals surface area contributed by atoms with Gasteiger partial charge in [-0.1, -0.05) is 22.0 Å². The van der Waals surface area contributed by atoms with Crippen molar-refractivity contribution in [1.82, 2.24) is 0 Å². The monoisotopic (exact) mass is 479 g/mol. The van der Waals surface area contributed by atoms with E-state index in [0.29, 0.717) is 20.4 Å². The number of nitro groups is 1. The van der Waals surface area contributed by atoms with Crippen LogP contribution in [-0.4, -0.2) is 10.0 Å². The molecule has 0 heterocycles. The molecule has 5 nitrogen and oxygen atoms in total. The van der Waals surface area contributed by atoms with E-state index in [1.807, 2.05) is 0 Å². The van der Waals surface area contributed by atoms with Gasteiger partial charge in [-0.2, -0.15) is 0 Å². The normalized spacial score (nSPS) is 10.5. The largest absolute Gasteiger partial charge is 0.455 e. The van der Waals surface area contributed by atoms with Crippen LogP contribution in [0.3, 0.4) is 0 Å². The standard InChI is InChI=1S/C13H8Br3NO4/c14-10-5-9(2-1-7(10)6-18)21-13-11(15)3-8(17(19)20)4-12(13)16/h1-5,18H,6H2. The lowest BCUT2D eigenvalue weighted by molar-refractivity contribution is -0.385. The van der Waals surface area contributed by atoms with Gasteiger partial charge in [0.1, 0.15) is 5.75 Å². The molecule has 2 rings (SSSR count). The van der Waals surface area contributed by atoms with E-state index in [1.165, 1.54) is 12.1 Å². The van der Waals surface area contributed by atoms with Crippen molar-refractivity contribution in [3.63, 3.8) is 0 Å². The molecule has 8 heteroatoms. The van der Waals surface area contributed by atoms with Gasteiger partial charge in [-0.15, -0.1) is 0 Å². The number of aliphatic hydroxyl groups is 1. The zero-order chi connectivity index (χ0) is 15.6. The molecule has 0 spiro atoms. The minimum atomic E-state index is -0.480. The summed E-state index contributed by atoms with van der Waals surface area (Å²) in [4.78, 5) is 10.3. The first-order valence-electron chi connectivity index (χ1n) is 5.63. The first kappa shape index (κ1) is 16.4. The second kappa shape index (κ2) is 6.87. The fourth-order valence-corrected chi connectivity index (χ4v) is 3.39. The van der Waals surface area contributed by atoms with Crippen molar-refractivity contribution in [2.45, 2.75) is 6.61 Å². The van der Waals surface area contributed by atoms with E-state index in [-0.39, 0.29) is 12.3 Å². The van der Waals surface area contributed by atoms with Gasteiger partial charge in [-0.05, 0) is 49.6 Å². The molecule has 0 fully saturated rings. The van der Waals surface area contributed by atoms with Crippen LogP contribution < -0.4 is 4.74 Å². The first-order valence-corrected chi connectivity index (χ1v) is 8.01. The van der Waals surface area contributed by atoms with Crippen molar-refractivity contribution >= 4 is 53.5 Å². The highest BCUT2D eigenvalue weighted by atomic mass is 79.9. The van der Waals surface area contributed by atoms with Crippen molar-refractivity contribution in [2.24, 2.45) is 0 Å². The summed E-state index contributed by atoms with van der Waals surface area (Å²) >= 11 is 9.85. The average molecular weight is 482 g/mol. The fourth-order valence-electron chi connectivity index (χ4n) is 1.59. The molecule has 0 saturated heterocycles. The number of non-ortho nitro benzene ring substituents is 1. The topological polar surface area (TPSA) is 72.6 Å². The number of aliphatic hydroxyl groups excluding tert-OH is 1. The molecule has 21 heavy (non-hydrogen) atoms. The van der Waals surface area contributed by atoms with Gasteiger partial charge in [0.25, 0.3) is 5.69 Å². The molecule has 0 saturated carbocycles. The summed E-state index contributed by atoms with van der Waals surface area (Å²) in [5, 5.41) is 19.9. The van der Waals surface area contributed by atoms with E-state index in [4.69, 9.17) is 9.84 Å². The number of hydrogen-bond acceptors (Lipinski definition) is 4. The molecule has 0 aliphatic carbocycles. The Morgan fingerprint density at radius 2 is 1.71 bits per heavy atom. The third-order valence-electron chi connectivity index (χ3n) is 2.61. The van der Waals surface area contributed by atoms with Crippen LogP contribution in [0.25, 0.3) is 0 Å². The lowest BCUT2D eigenvalue weighted by Crippen LogP contribution is -1.93. The third-order valence-corrected chi connectivity index (χ3v) is 4.52. The van der Waals surface area contributed by atoms with E-state index in [2.05, 4.69) is 47.8 Å². The van der Waals surface area contributed by atoms with Gasteiger partial charge in [0, 0.05) is 16.6 Å². The number of benzene rings is 2. The Balaban J connectivity index is 2.35. The van der Waals surface area contributed by atoms with Crippen molar-refractivity contribution < 1.29 is 14.8 Å². The molecule has 110 valence electrons. The van der Waals surface area contributed by atoms with E-state index < -0.39 is 4.92 Å². The highest BCUT2D eigenvalue weighted by molar-refractivity contribution is 9.11. The van der Waals surface area contributed by atoms with Gasteiger partial charge in [0.2, 0.25) is 0 Å². The SMILES string of the molecule is O=[N+]([O-])c1cc(Br)c(Oc2ccc(CO)c(Br)c2)c(Br)c1. The Bertz CT molecular complexity index is 683. The molecule has 1 N–H and O–H groups in total. The number of hydrogen-bond donors (Lipinski definition) is 1. The maximum Gasteiger partial charge on any atom is 0.271 e. The molecular formula is C13H8Br3NO4. The predicted octanol–water partition coefficient (Wildman–Crippen LogP) is 5.17. The second-order valence-electron chi connectivity index (χ2n) is 4.01. The van der Waals surface area contributed by atoms with Gasteiger partial charge in [-0.25, -0.2) is 0 Å². The quantitative estimate of drug-likeness (QED) is 0.483. The predicted molar refractivity (Wildman–Crippen MR) is 88.6 cm³/mol. The summed E-state index contributed by atoms with van der Waals surface area (Å²) in [6.45, 7) is -0.0776. The van der Waals surface area contributed by atoms with Gasteiger partial charge in [-0.3, -0.25) is 10.1 Å². The molecule has 0 unspecified atom stereocenters. The van der Waals surface area contributed by atoms with E-state index in [0.717, 1.165) is 10.0 Å².